The van der Waals surface area contributed by atoms with Crippen molar-refractivity contribution in [2.45, 2.75) is 39.3 Å². The highest BCUT2D eigenvalue weighted by atomic mass is 79.9. The van der Waals surface area contributed by atoms with E-state index in [4.69, 9.17) is 35.5 Å². The molecule has 0 N–H and O–H groups in total. The molecule has 3 aromatic carbocycles. The number of allylic oxidation sites excluding steroid dienone is 1. The fourth-order valence-electron chi connectivity index (χ4n) is 5.14. The summed E-state index contributed by atoms with van der Waals surface area (Å²) in [4.78, 5) is 33.0. The molecule has 4 aromatic rings. The van der Waals surface area contributed by atoms with Gasteiger partial charge in [0.2, 0.25) is 0 Å². The van der Waals surface area contributed by atoms with E-state index >= 15 is 0 Å². The van der Waals surface area contributed by atoms with E-state index in [1.807, 2.05) is 49.4 Å². The second-order valence-corrected chi connectivity index (χ2v) is 12.4. The lowest BCUT2D eigenvalue weighted by molar-refractivity contribution is -0.139. The second-order valence-electron chi connectivity index (χ2n) is 10.1. The number of aromatic nitrogens is 1. The quantitative estimate of drug-likeness (QED) is 0.163. The summed E-state index contributed by atoms with van der Waals surface area (Å²) in [6.07, 6.45) is 3.03. The first-order valence-corrected chi connectivity index (χ1v) is 16.4. The van der Waals surface area contributed by atoms with Crippen molar-refractivity contribution in [3.05, 3.63) is 118 Å². The van der Waals surface area contributed by atoms with Crippen LogP contribution in [0.15, 0.2) is 86.2 Å². The fourth-order valence-corrected chi connectivity index (χ4v) is 6.77. The Bertz CT molecular complexity index is 1940. The highest BCUT2D eigenvalue weighted by molar-refractivity contribution is 9.10. The predicted molar refractivity (Wildman–Crippen MR) is 179 cm³/mol. The smallest absolute Gasteiger partial charge is 0.338 e. The zero-order valence-corrected chi connectivity index (χ0v) is 28.4. The standard InChI is InChI=1S/C34H32BrClN2O6S/c1-5-10-25-30(33(40)43-6-2)31(23-17-22(36)13-14-26(23)41-3)38-32(39)29(45-34(38)37-25)16-21-15-27(42-4)28(18-24(21)35)44-19-20-11-8-7-9-12-20/h7-9,11-18,31H,5-6,10,19H2,1-4H3/b29-16+/t31-/m1/s1. The topological polar surface area (TPSA) is 88.4 Å². The van der Waals surface area contributed by atoms with Gasteiger partial charge in [-0.2, -0.15) is 0 Å². The van der Waals surface area contributed by atoms with E-state index in [1.54, 1.807) is 38.3 Å². The number of esters is 1. The van der Waals surface area contributed by atoms with Crippen LogP contribution in [0.2, 0.25) is 5.02 Å². The van der Waals surface area contributed by atoms with Crippen LogP contribution < -0.4 is 29.1 Å². The van der Waals surface area contributed by atoms with E-state index in [0.29, 0.717) is 71.5 Å². The third kappa shape index (κ3) is 6.88. The van der Waals surface area contributed by atoms with E-state index < -0.39 is 12.0 Å². The Labute approximate surface area is 278 Å². The van der Waals surface area contributed by atoms with Crippen LogP contribution in [0, 0.1) is 0 Å². The zero-order chi connectivity index (χ0) is 32.1. The van der Waals surface area contributed by atoms with Crippen LogP contribution in [-0.2, 0) is 16.1 Å². The molecule has 0 bridgehead atoms. The number of rotatable bonds is 11. The van der Waals surface area contributed by atoms with Crippen molar-refractivity contribution in [3.8, 4) is 17.2 Å². The van der Waals surface area contributed by atoms with Crippen LogP contribution in [-0.4, -0.2) is 31.4 Å². The Hall–Kier alpha value is -3.86. The van der Waals surface area contributed by atoms with Gasteiger partial charge in [0, 0.05) is 15.1 Å². The molecule has 0 fully saturated rings. The van der Waals surface area contributed by atoms with E-state index in [-0.39, 0.29) is 12.2 Å². The molecule has 0 amide bonds. The van der Waals surface area contributed by atoms with Crippen molar-refractivity contribution < 1.29 is 23.7 Å². The molecule has 0 unspecified atom stereocenters. The third-order valence-electron chi connectivity index (χ3n) is 7.19. The first kappa shape index (κ1) is 32.5. The average Bonchev–Trinajstić information content (AvgIpc) is 3.35. The maximum absolute atomic E-state index is 14.2. The van der Waals surface area contributed by atoms with Gasteiger partial charge in [0.15, 0.2) is 16.3 Å². The number of hydrogen-bond donors (Lipinski definition) is 0. The summed E-state index contributed by atoms with van der Waals surface area (Å²) in [5.74, 6) is 1.02. The lowest BCUT2D eigenvalue weighted by Crippen LogP contribution is -2.40. The van der Waals surface area contributed by atoms with Gasteiger partial charge < -0.3 is 18.9 Å². The number of fused-ring (bicyclic) bond motifs is 1. The summed E-state index contributed by atoms with van der Waals surface area (Å²) in [7, 11) is 3.11. The Morgan fingerprint density at radius 2 is 1.80 bits per heavy atom. The van der Waals surface area contributed by atoms with Gasteiger partial charge in [-0.05, 0) is 60.9 Å². The summed E-state index contributed by atoms with van der Waals surface area (Å²) in [6.45, 7) is 4.30. The molecular formula is C34H32BrClN2O6S. The first-order valence-electron chi connectivity index (χ1n) is 14.4. The van der Waals surface area contributed by atoms with Crippen LogP contribution >= 0.6 is 38.9 Å². The highest BCUT2D eigenvalue weighted by Gasteiger charge is 2.36. The monoisotopic (exact) mass is 710 g/mol. The molecule has 45 heavy (non-hydrogen) atoms. The summed E-state index contributed by atoms with van der Waals surface area (Å²) in [6, 6.07) is 17.8. The van der Waals surface area contributed by atoms with Crippen molar-refractivity contribution in [1.29, 1.82) is 0 Å². The Balaban J connectivity index is 1.66. The third-order valence-corrected chi connectivity index (χ3v) is 9.09. The minimum Gasteiger partial charge on any atom is -0.496 e. The normalized spacial score (nSPS) is 14.5. The van der Waals surface area contributed by atoms with Gasteiger partial charge in [0.05, 0.1) is 36.6 Å². The molecule has 1 aliphatic rings. The van der Waals surface area contributed by atoms with Crippen LogP contribution in [0.5, 0.6) is 17.2 Å². The number of benzene rings is 3. The molecule has 1 aliphatic heterocycles. The molecule has 8 nitrogen and oxygen atoms in total. The van der Waals surface area contributed by atoms with Crippen molar-refractivity contribution >= 4 is 50.9 Å². The molecule has 1 atom stereocenters. The fraction of sp³-hybridized carbons (Fsp3) is 0.265. The molecule has 0 spiro atoms. The molecule has 0 saturated heterocycles. The minimum absolute atomic E-state index is 0.173. The molecule has 11 heteroatoms. The van der Waals surface area contributed by atoms with Crippen LogP contribution in [0.25, 0.3) is 6.08 Å². The Morgan fingerprint density at radius 1 is 1.04 bits per heavy atom. The number of thiazole rings is 1. The lowest BCUT2D eigenvalue weighted by atomic mass is 9.93. The average molecular weight is 712 g/mol. The summed E-state index contributed by atoms with van der Waals surface area (Å²) >= 11 is 11.3. The van der Waals surface area contributed by atoms with Crippen molar-refractivity contribution in [1.82, 2.24) is 4.57 Å². The maximum Gasteiger partial charge on any atom is 0.338 e. The zero-order valence-electron chi connectivity index (χ0n) is 25.3. The van der Waals surface area contributed by atoms with Gasteiger partial charge in [-0.15, -0.1) is 0 Å². The summed E-state index contributed by atoms with van der Waals surface area (Å²) < 4.78 is 25.5. The van der Waals surface area contributed by atoms with E-state index in [1.165, 1.54) is 23.0 Å². The summed E-state index contributed by atoms with van der Waals surface area (Å²) in [5.41, 5.74) is 2.83. The van der Waals surface area contributed by atoms with E-state index in [9.17, 15) is 9.59 Å². The lowest BCUT2D eigenvalue weighted by Gasteiger charge is -2.27. The number of ether oxygens (including phenoxy) is 4. The molecular weight excluding hydrogens is 680 g/mol. The van der Waals surface area contributed by atoms with Crippen LogP contribution in [0.3, 0.4) is 0 Å². The predicted octanol–water partition coefficient (Wildman–Crippen LogP) is 6.59. The van der Waals surface area contributed by atoms with Crippen molar-refractivity contribution in [3.63, 3.8) is 0 Å². The summed E-state index contributed by atoms with van der Waals surface area (Å²) in [5, 5.41) is 0.441. The number of carbonyl (C=O) groups is 1. The largest absolute Gasteiger partial charge is 0.496 e. The van der Waals surface area contributed by atoms with Gasteiger partial charge in [-0.3, -0.25) is 9.36 Å². The van der Waals surface area contributed by atoms with E-state index in [0.717, 1.165) is 12.0 Å². The molecule has 2 heterocycles. The number of methoxy groups -OCH3 is 2. The highest BCUT2D eigenvalue weighted by Crippen LogP contribution is 2.38. The number of carbonyl (C=O) groups excluding carboxylic acids is 1. The second kappa shape index (κ2) is 14.5. The van der Waals surface area contributed by atoms with Crippen molar-refractivity contribution in [2.75, 3.05) is 20.8 Å². The Kier molecular flexibility index (Phi) is 10.5. The van der Waals surface area contributed by atoms with E-state index in [2.05, 4.69) is 15.9 Å². The molecule has 0 saturated carbocycles. The first-order chi connectivity index (χ1) is 21.8. The maximum atomic E-state index is 14.2. The Morgan fingerprint density at radius 3 is 2.49 bits per heavy atom. The molecule has 5 rings (SSSR count). The molecule has 1 aromatic heterocycles. The van der Waals surface area contributed by atoms with Crippen LogP contribution in [0.4, 0.5) is 0 Å². The number of nitrogens with zero attached hydrogens (tertiary/aromatic N) is 2. The van der Waals surface area contributed by atoms with Gasteiger partial charge in [0.1, 0.15) is 18.4 Å². The number of halogens is 2. The van der Waals surface area contributed by atoms with Crippen LogP contribution in [0.1, 0.15) is 49.4 Å². The van der Waals surface area contributed by atoms with Gasteiger partial charge in [0.25, 0.3) is 5.56 Å². The van der Waals surface area contributed by atoms with Gasteiger partial charge in [-0.25, -0.2) is 9.79 Å². The van der Waals surface area contributed by atoms with Crippen molar-refractivity contribution in [2.24, 2.45) is 4.99 Å². The molecule has 0 aliphatic carbocycles. The molecule has 0 radical (unpaired) electrons. The molecule has 234 valence electrons. The van der Waals surface area contributed by atoms with Gasteiger partial charge in [-0.1, -0.05) is 82.5 Å². The SMILES string of the molecule is CCCC1=C(C(=O)OCC)[C@@H](c2cc(Cl)ccc2OC)n2c(s/c(=C/c3cc(OC)c(OCc4ccccc4)cc3Br)c2=O)=N1. The number of hydrogen-bond acceptors (Lipinski definition) is 8. The van der Waals surface area contributed by atoms with Gasteiger partial charge >= 0.3 is 5.97 Å². The minimum atomic E-state index is -0.857.